The van der Waals surface area contributed by atoms with Gasteiger partial charge in [-0.1, -0.05) is 36.4 Å². The van der Waals surface area contributed by atoms with Crippen molar-refractivity contribution in [3.63, 3.8) is 0 Å². The number of hydrogen-bond donors (Lipinski definition) is 0. The molecule has 0 radical (unpaired) electrons. The van der Waals surface area contributed by atoms with Gasteiger partial charge in [0.1, 0.15) is 0 Å². The molecule has 0 aliphatic heterocycles. The maximum absolute atomic E-state index is 5.46. The van der Waals surface area contributed by atoms with Gasteiger partial charge in [-0.05, 0) is 16.8 Å². The average Bonchev–Trinajstić information content (AvgIpc) is 2.90. The highest BCUT2D eigenvalue weighted by Gasteiger charge is 2.14. The molecule has 0 saturated carbocycles. The summed E-state index contributed by atoms with van der Waals surface area (Å²) in [6.07, 6.45) is 1.61. The Morgan fingerprint density at radius 2 is 1.47 bits per heavy atom. The van der Waals surface area contributed by atoms with Gasteiger partial charge < -0.3 is 4.42 Å². The zero-order chi connectivity index (χ0) is 11.5. The molecule has 0 aliphatic rings. The first-order chi connectivity index (χ1) is 8.43. The van der Waals surface area contributed by atoms with Crippen LogP contribution in [-0.4, -0.2) is 5.10 Å². The molecule has 2 aromatic carbocycles. The second-order valence-corrected chi connectivity index (χ2v) is 3.67. The molecule has 0 bridgehead atoms. The summed E-state index contributed by atoms with van der Waals surface area (Å²) in [5.41, 5.74) is 1.96. The van der Waals surface area contributed by atoms with Crippen molar-refractivity contribution in [3.05, 3.63) is 67.1 Å². The van der Waals surface area contributed by atoms with E-state index in [4.69, 9.17) is 4.42 Å². The summed E-state index contributed by atoms with van der Waals surface area (Å²) in [5, 5.41) is 4.40. The molecule has 3 aromatic rings. The molecule has 1 heterocycles. The Bertz CT molecular complexity index is 548. The molecule has 0 fully saturated rings. The average molecular weight is 223 g/mol. The van der Waals surface area contributed by atoms with Crippen molar-refractivity contribution in [1.29, 1.82) is 0 Å². The van der Waals surface area contributed by atoms with Crippen molar-refractivity contribution < 1.29 is 9.10 Å². The van der Waals surface area contributed by atoms with Crippen LogP contribution in [0, 0.1) is 0 Å². The van der Waals surface area contributed by atoms with Crippen molar-refractivity contribution in [2.24, 2.45) is 0 Å². The molecule has 17 heavy (non-hydrogen) atoms. The summed E-state index contributed by atoms with van der Waals surface area (Å²) in [4.78, 5) is 0. The van der Waals surface area contributed by atoms with E-state index in [1.807, 2.05) is 60.7 Å². The van der Waals surface area contributed by atoms with Crippen LogP contribution in [0.5, 0.6) is 0 Å². The number of para-hydroxylation sites is 1. The molecule has 0 atom stereocenters. The van der Waals surface area contributed by atoms with Crippen LogP contribution in [0.25, 0.3) is 17.1 Å². The van der Waals surface area contributed by atoms with Gasteiger partial charge in [0.25, 0.3) is 5.89 Å². The molecule has 3 nitrogen and oxygen atoms in total. The van der Waals surface area contributed by atoms with E-state index in [1.165, 1.54) is 0 Å². The third-order valence-electron chi connectivity index (χ3n) is 2.50. The predicted molar refractivity (Wildman–Crippen MR) is 63.5 cm³/mol. The highest BCUT2D eigenvalue weighted by Crippen LogP contribution is 2.14. The fourth-order valence-electron chi connectivity index (χ4n) is 1.65. The van der Waals surface area contributed by atoms with Gasteiger partial charge in [0, 0.05) is 22.8 Å². The minimum Gasteiger partial charge on any atom is -0.383 e. The lowest BCUT2D eigenvalue weighted by atomic mass is 10.2. The minimum absolute atomic E-state index is 0.620. The van der Waals surface area contributed by atoms with Gasteiger partial charge in [-0.15, -0.1) is 0 Å². The fraction of sp³-hybridized carbons (Fsp3) is 0. The highest BCUT2D eigenvalue weighted by molar-refractivity contribution is 5.51. The lowest BCUT2D eigenvalue weighted by molar-refractivity contribution is -0.659. The second-order valence-electron chi connectivity index (χ2n) is 3.67. The number of nitrogens with zero attached hydrogens (tertiary/aromatic N) is 2. The van der Waals surface area contributed by atoms with Crippen LogP contribution in [-0.2, 0) is 0 Å². The standard InChI is InChI=1S/C14H11N2O/c1-3-7-12(8-4-1)14-15-16(11-17-14)13-9-5-2-6-10-13/h1-11H/q+1. The van der Waals surface area contributed by atoms with Crippen molar-refractivity contribution in [3.8, 4) is 17.1 Å². The Labute approximate surface area is 99.0 Å². The van der Waals surface area contributed by atoms with Crippen molar-refractivity contribution in [2.75, 3.05) is 0 Å². The van der Waals surface area contributed by atoms with E-state index in [-0.39, 0.29) is 0 Å². The van der Waals surface area contributed by atoms with E-state index in [0.717, 1.165) is 11.3 Å². The third kappa shape index (κ3) is 1.95. The van der Waals surface area contributed by atoms with Gasteiger partial charge in [-0.2, -0.15) is 0 Å². The predicted octanol–water partition coefficient (Wildman–Crippen LogP) is 2.62. The van der Waals surface area contributed by atoms with Gasteiger partial charge in [0.15, 0.2) is 0 Å². The molecule has 1 aromatic heterocycles. The lowest BCUT2D eigenvalue weighted by Gasteiger charge is -1.88. The largest absolute Gasteiger partial charge is 0.383 e. The Balaban J connectivity index is 1.99. The molecule has 0 N–H and O–H groups in total. The van der Waals surface area contributed by atoms with E-state index >= 15 is 0 Å². The minimum atomic E-state index is 0.620. The first kappa shape index (κ1) is 9.78. The van der Waals surface area contributed by atoms with Crippen molar-refractivity contribution in [2.45, 2.75) is 0 Å². The van der Waals surface area contributed by atoms with Crippen LogP contribution in [0.4, 0.5) is 0 Å². The Morgan fingerprint density at radius 3 is 2.18 bits per heavy atom. The Kier molecular flexibility index (Phi) is 2.43. The maximum atomic E-state index is 5.46. The summed E-state index contributed by atoms with van der Waals surface area (Å²) in [6.45, 7) is 0. The lowest BCUT2D eigenvalue weighted by Crippen LogP contribution is -2.31. The molecule has 3 heteroatoms. The zero-order valence-electron chi connectivity index (χ0n) is 9.15. The molecule has 3 rings (SSSR count). The van der Waals surface area contributed by atoms with Crippen molar-refractivity contribution >= 4 is 0 Å². The number of aromatic nitrogens is 2. The van der Waals surface area contributed by atoms with E-state index in [1.54, 1.807) is 11.1 Å². The SMILES string of the molecule is c1ccc(-c2n[n+](-c3ccccc3)co2)cc1. The first-order valence-electron chi connectivity index (χ1n) is 5.42. The number of rotatable bonds is 2. The molecule has 0 unspecified atom stereocenters. The first-order valence-corrected chi connectivity index (χ1v) is 5.42. The topological polar surface area (TPSA) is 29.9 Å². The fourth-order valence-corrected chi connectivity index (χ4v) is 1.65. The summed E-state index contributed by atoms with van der Waals surface area (Å²) < 4.78 is 7.18. The molecule has 0 aliphatic carbocycles. The van der Waals surface area contributed by atoms with E-state index in [9.17, 15) is 0 Å². The molecular formula is C14H11N2O+. The monoisotopic (exact) mass is 223 g/mol. The molecule has 0 amide bonds. The van der Waals surface area contributed by atoms with Crippen LogP contribution in [0.1, 0.15) is 0 Å². The van der Waals surface area contributed by atoms with Gasteiger partial charge in [-0.25, -0.2) is 0 Å². The van der Waals surface area contributed by atoms with Gasteiger partial charge in [0.05, 0.1) is 0 Å². The Morgan fingerprint density at radius 1 is 0.824 bits per heavy atom. The number of hydrogen-bond acceptors (Lipinski definition) is 2. The summed E-state index contributed by atoms with van der Waals surface area (Å²) in [6, 6.07) is 19.7. The van der Waals surface area contributed by atoms with Crippen LogP contribution >= 0.6 is 0 Å². The molecule has 82 valence electrons. The smallest absolute Gasteiger partial charge is 0.368 e. The van der Waals surface area contributed by atoms with Gasteiger partial charge >= 0.3 is 6.39 Å². The highest BCUT2D eigenvalue weighted by atomic mass is 16.4. The van der Waals surface area contributed by atoms with Crippen LogP contribution in [0.3, 0.4) is 0 Å². The van der Waals surface area contributed by atoms with Gasteiger partial charge in [0.2, 0.25) is 5.69 Å². The summed E-state index contributed by atoms with van der Waals surface area (Å²) in [7, 11) is 0. The summed E-state index contributed by atoms with van der Waals surface area (Å²) in [5.74, 6) is 0.620. The van der Waals surface area contributed by atoms with Crippen LogP contribution in [0.15, 0.2) is 71.5 Å². The van der Waals surface area contributed by atoms with E-state index < -0.39 is 0 Å². The maximum Gasteiger partial charge on any atom is 0.368 e. The molecule has 0 spiro atoms. The third-order valence-corrected chi connectivity index (χ3v) is 2.50. The van der Waals surface area contributed by atoms with Gasteiger partial charge in [-0.3, -0.25) is 0 Å². The number of benzene rings is 2. The molecular weight excluding hydrogens is 212 g/mol. The molecule has 0 saturated heterocycles. The van der Waals surface area contributed by atoms with Crippen LogP contribution < -0.4 is 4.68 Å². The normalized spacial score (nSPS) is 10.4. The van der Waals surface area contributed by atoms with Crippen LogP contribution in [0.2, 0.25) is 0 Å². The summed E-state index contributed by atoms with van der Waals surface area (Å²) >= 11 is 0. The van der Waals surface area contributed by atoms with Crippen molar-refractivity contribution in [1.82, 2.24) is 5.10 Å². The Hall–Kier alpha value is -2.42. The quantitative estimate of drug-likeness (QED) is 0.625. The zero-order valence-corrected chi connectivity index (χ0v) is 9.15. The van der Waals surface area contributed by atoms with E-state index in [0.29, 0.717) is 5.89 Å². The van der Waals surface area contributed by atoms with E-state index in [2.05, 4.69) is 5.10 Å². The second kappa shape index (κ2) is 4.22.